The molecule has 2 aromatic rings. The third kappa shape index (κ3) is 3.99. The highest BCUT2D eigenvalue weighted by Crippen LogP contribution is 2.30. The molecule has 1 aromatic heterocycles. The van der Waals surface area contributed by atoms with Gasteiger partial charge in [0.15, 0.2) is 0 Å². The minimum absolute atomic E-state index is 0.302. The summed E-state index contributed by atoms with van der Waals surface area (Å²) in [4.78, 5) is 8.22. The van der Waals surface area contributed by atoms with E-state index >= 15 is 0 Å². The van der Waals surface area contributed by atoms with Crippen LogP contribution in [0.25, 0.3) is 0 Å². The highest BCUT2D eigenvalue weighted by atomic mass is 19.4. The lowest BCUT2D eigenvalue weighted by Crippen LogP contribution is -2.30. The van der Waals surface area contributed by atoms with Crippen molar-refractivity contribution in [1.29, 1.82) is 0 Å². The summed E-state index contributed by atoms with van der Waals surface area (Å²) in [6.07, 6.45) is -2.46. The molecule has 21 heavy (non-hydrogen) atoms. The molecule has 1 unspecified atom stereocenters. The van der Waals surface area contributed by atoms with Crippen molar-refractivity contribution < 1.29 is 13.2 Å². The van der Waals surface area contributed by atoms with E-state index in [9.17, 15) is 13.2 Å². The maximum Gasteiger partial charge on any atom is 0.416 e. The summed E-state index contributed by atoms with van der Waals surface area (Å²) in [5.74, 6) is 6.07. The van der Waals surface area contributed by atoms with Crippen LogP contribution in [0.3, 0.4) is 0 Å². The first-order valence-electron chi connectivity index (χ1n) is 6.32. The highest BCUT2D eigenvalue weighted by molar-refractivity contribution is 5.27. The van der Waals surface area contributed by atoms with Crippen molar-refractivity contribution in [3.8, 4) is 0 Å². The Bertz CT molecular complexity index is 613. The highest BCUT2D eigenvalue weighted by Gasteiger charge is 2.30. The van der Waals surface area contributed by atoms with E-state index in [0.29, 0.717) is 23.5 Å². The molecule has 0 aliphatic rings. The molecule has 0 saturated carbocycles. The van der Waals surface area contributed by atoms with Gasteiger partial charge >= 0.3 is 6.18 Å². The van der Waals surface area contributed by atoms with E-state index in [1.54, 1.807) is 25.3 Å². The summed E-state index contributed by atoms with van der Waals surface area (Å²) in [5, 5.41) is 0. The average Bonchev–Trinajstić information content (AvgIpc) is 2.44. The molecule has 0 aliphatic carbocycles. The number of alkyl halides is 3. The zero-order chi connectivity index (χ0) is 15.5. The van der Waals surface area contributed by atoms with Crippen molar-refractivity contribution in [3.63, 3.8) is 0 Å². The molecular weight excluding hydrogens is 281 g/mol. The third-order valence-corrected chi connectivity index (χ3v) is 3.05. The molecule has 0 amide bonds. The van der Waals surface area contributed by atoms with Gasteiger partial charge in [0, 0.05) is 6.20 Å². The van der Waals surface area contributed by atoms with Crippen molar-refractivity contribution in [2.24, 2.45) is 5.84 Å². The summed E-state index contributed by atoms with van der Waals surface area (Å²) in [6.45, 7) is 1.74. The Morgan fingerprint density at radius 3 is 2.67 bits per heavy atom. The molecule has 0 bridgehead atoms. The normalized spacial score (nSPS) is 13.2. The monoisotopic (exact) mass is 296 g/mol. The topological polar surface area (TPSA) is 63.8 Å². The number of hydrogen-bond donors (Lipinski definition) is 2. The van der Waals surface area contributed by atoms with Crippen LogP contribution < -0.4 is 11.3 Å². The van der Waals surface area contributed by atoms with Crippen LogP contribution in [-0.4, -0.2) is 9.97 Å². The summed E-state index contributed by atoms with van der Waals surface area (Å²) in [5.41, 5.74) is 3.08. The Balaban J connectivity index is 2.23. The molecular formula is C14H15F3N4. The van der Waals surface area contributed by atoms with Gasteiger partial charge in [0.05, 0.1) is 17.3 Å². The number of benzene rings is 1. The molecule has 7 heteroatoms. The van der Waals surface area contributed by atoms with Crippen LogP contribution >= 0.6 is 0 Å². The molecule has 3 N–H and O–H groups in total. The number of nitrogens with zero attached hydrogens (tertiary/aromatic N) is 2. The largest absolute Gasteiger partial charge is 0.416 e. The Morgan fingerprint density at radius 1 is 1.29 bits per heavy atom. The van der Waals surface area contributed by atoms with Gasteiger partial charge < -0.3 is 0 Å². The van der Waals surface area contributed by atoms with Crippen molar-refractivity contribution in [1.82, 2.24) is 15.4 Å². The summed E-state index contributed by atoms with van der Waals surface area (Å²) in [6, 6.07) is 6.49. The first-order chi connectivity index (χ1) is 9.90. The fourth-order valence-electron chi connectivity index (χ4n) is 2.03. The minimum atomic E-state index is -4.35. The van der Waals surface area contributed by atoms with E-state index in [4.69, 9.17) is 5.84 Å². The predicted molar refractivity (Wildman–Crippen MR) is 72.0 cm³/mol. The number of nitrogens with one attached hydrogen (secondary N) is 1. The van der Waals surface area contributed by atoms with Crippen molar-refractivity contribution in [2.45, 2.75) is 25.6 Å². The fraction of sp³-hybridized carbons (Fsp3) is 0.286. The van der Waals surface area contributed by atoms with Crippen LogP contribution in [0.15, 0.2) is 36.5 Å². The number of hydrazine groups is 1. The van der Waals surface area contributed by atoms with E-state index in [0.717, 1.165) is 12.1 Å². The van der Waals surface area contributed by atoms with Gasteiger partial charge in [0.2, 0.25) is 0 Å². The Morgan fingerprint density at radius 2 is 2.05 bits per heavy atom. The van der Waals surface area contributed by atoms with Gasteiger partial charge in [-0.05, 0) is 31.0 Å². The molecule has 1 atom stereocenters. The lowest BCUT2D eigenvalue weighted by molar-refractivity contribution is -0.137. The van der Waals surface area contributed by atoms with Crippen molar-refractivity contribution >= 4 is 0 Å². The van der Waals surface area contributed by atoms with Crippen LogP contribution in [0.1, 0.15) is 28.7 Å². The maximum atomic E-state index is 12.7. The summed E-state index contributed by atoms with van der Waals surface area (Å²) >= 11 is 0. The molecule has 2 rings (SSSR count). The number of aryl methyl sites for hydroxylation is 1. The Kier molecular flexibility index (Phi) is 4.54. The molecule has 0 saturated heterocycles. The van der Waals surface area contributed by atoms with Gasteiger partial charge in [-0.1, -0.05) is 18.2 Å². The maximum absolute atomic E-state index is 12.7. The second-order valence-electron chi connectivity index (χ2n) is 4.65. The SMILES string of the molecule is Cc1nccc(C(Cc2cccc(C(F)(F)F)c2)NN)n1. The molecule has 0 spiro atoms. The molecule has 0 aliphatic heterocycles. The van der Waals surface area contributed by atoms with Crippen LogP contribution in [0.2, 0.25) is 0 Å². The average molecular weight is 296 g/mol. The molecule has 4 nitrogen and oxygen atoms in total. The number of nitrogens with two attached hydrogens (primary N) is 1. The molecule has 1 aromatic carbocycles. The van der Waals surface area contributed by atoms with Crippen molar-refractivity contribution in [3.05, 3.63) is 59.2 Å². The summed E-state index contributed by atoms with van der Waals surface area (Å²) in [7, 11) is 0. The lowest BCUT2D eigenvalue weighted by Gasteiger charge is -2.16. The van der Waals surface area contributed by atoms with E-state index in [1.807, 2.05) is 0 Å². The number of halogens is 3. The fourth-order valence-corrected chi connectivity index (χ4v) is 2.03. The van der Waals surface area contributed by atoms with Gasteiger partial charge in [0.25, 0.3) is 0 Å². The minimum Gasteiger partial charge on any atom is -0.271 e. The lowest BCUT2D eigenvalue weighted by atomic mass is 10.0. The quantitative estimate of drug-likeness (QED) is 0.672. The van der Waals surface area contributed by atoms with Gasteiger partial charge in [-0.15, -0.1) is 0 Å². The second-order valence-corrected chi connectivity index (χ2v) is 4.65. The third-order valence-electron chi connectivity index (χ3n) is 3.05. The molecule has 1 heterocycles. The smallest absolute Gasteiger partial charge is 0.271 e. The first-order valence-corrected chi connectivity index (χ1v) is 6.32. The van der Waals surface area contributed by atoms with Crippen LogP contribution in [0, 0.1) is 6.92 Å². The van der Waals surface area contributed by atoms with E-state index in [2.05, 4.69) is 15.4 Å². The number of rotatable bonds is 4. The predicted octanol–water partition coefficient (Wildman–Crippen LogP) is 2.55. The Hall–Kier alpha value is -1.99. The van der Waals surface area contributed by atoms with Crippen LogP contribution in [-0.2, 0) is 12.6 Å². The molecule has 112 valence electrons. The van der Waals surface area contributed by atoms with E-state index in [-0.39, 0.29) is 6.04 Å². The second kappa shape index (κ2) is 6.19. The van der Waals surface area contributed by atoms with Crippen LogP contribution in [0.5, 0.6) is 0 Å². The van der Waals surface area contributed by atoms with E-state index < -0.39 is 11.7 Å². The first kappa shape index (κ1) is 15.4. The van der Waals surface area contributed by atoms with Gasteiger partial charge in [-0.3, -0.25) is 11.3 Å². The van der Waals surface area contributed by atoms with Gasteiger partial charge in [0.1, 0.15) is 5.82 Å². The van der Waals surface area contributed by atoms with Gasteiger partial charge in [-0.2, -0.15) is 13.2 Å². The van der Waals surface area contributed by atoms with Crippen molar-refractivity contribution in [2.75, 3.05) is 0 Å². The Labute approximate surface area is 120 Å². The summed E-state index contributed by atoms with van der Waals surface area (Å²) < 4.78 is 38.1. The van der Waals surface area contributed by atoms with Crippen LogP contribution in [0.4, 0.5) is 13.2 Å². The van der Waals surface area contributed by atoms with Gasteiger partial charge in [-0.25, -0.2) is 9.97 Å². The zero-order valence-corrected chi connectivity index (χ0v) is 11.4. The van der Waals surface area contributed by atoms with E-state index in [1.165, 1.54) is 6.07 Å². The zero-order valence-electron chi connectivity index (χ0n) is 11.4. The molecule has 0 fully saturated rings. The number of aromatic nitrogens is 2. The standard InChI is InChI=1S/C14H15F3N4/c1-9-19-6-5-12(20-9)13(21-18)8-10-3-2-4-11(7-10)14(15,16)17/h2-7,13,21H,8,18H2,1H3. The molecule has 0 radical (unpaired) electrons. The number of hydrogen-bond acceptors (Lipinski definition) is 4.